The number of anilines is 1. The first-order valence-corrected chi connectivity index (χ1v) is 10.4. The van der Waals surface area contributed by atoms with Crippen molar-refractivity contribution in [1.82, 2.24) is 5.32 Å². The SMILES string of the molecule is CN(C(=O)CC1SC(NC2CC3C=CC2C3)=NC1=O)c1ccc(OC(F)(F)F)cc1. The van der Waals surface area contributed by atoms with Crippen LogP contribution in [0.25, 0.3) is 0 Å². The Kier molecular flexibility index (Phi) is 5.52. The molecule has 0 saturated heterocycles. The fourth-order valence-electron chi connectivity index (χ4n) is 4.00. The second-order valence-corrected chi connectivity index (χ2v) is 8.78. The van der Waals surface area contributed by atoms with Gasteiger partial charge in [0.1, 0.15) is 11.0 Å². The minimum absolute atomic E-state index is 0.0495. The van der Waals surface area contributed by atoms with E-state index in [0.717, 1.165) is 25.0 Å². The predicted molar refractivity (Wildman–Crippen MR) is 107 cm³/mol. The molecule has 1 aromatic rings. The topological polar surface area (TPSA) is 71.0 Å². The number of hydrogen-bond acceptors (Lipinski definition) is 5. The quantitative estimate of drug-likeness (QED) is 0.712. The van der Waals surface area contributed by atoms with E-state index in [9.17, 15) is 22.8 Å². The smallest absolute Gasteiger partial charge is 0.406 e. The third-order valence-electron chi connectivity index (χ3n) is 5.52. The maximum atomic E-state index is 12.6. The molecule has 160 valence electrons. The first kappa shape index (κ1) is 20.8. The van der Waals surface area contributed by atoms with Gasteiger partial charge in [0.15, 0.2) is 5.17 Å². The highest BCUT2D eigenvalue weighted by atomic mass is 32.2. The zero-order chi connectivity index (χ0) is 21.5. The lowest BCUT2D eigenvalue weighted by molar-refractivity contribution is -0.274. The number of nitrogens with zero attached hydrogens (tertiary/aromatic N) is 2. The number of carbonyl (C=O) groups excluding carboxylic acids is 2. The van der Waals surface area contributed by atoms with Crippen LogP contribution in [-0.4, -0.2) is 41.7 Å². The number of alkyl halides is 3. The lowest BCUT2D eigenvalue weighted by Gasteiger charge is -2.21. The molecule has 1 saturated carbocycles. The number of benzene rings is 1. The molecule has 4 rings (SSSR count). The number of fused-ring (bicyclic) bond motifs is 2. The number of nitrogens with one attached hydrogen (secondary N) is 1. The Bertz CT molecular complexity index is 901. The van der Waals surface area contributed by atoms with Crippen LogP contribution < -0.4 is 15.0 Å². The lowest BCUT2D eigenvalue weighted by Crippen LogP contribution is -2.35. The summed E-state index contributed by atoms with van der Waals surface area (Å²) in [5, 5.41) is 3.29. The van der Waals surface area contributed by atoms with E-state index < -0.39 is 11.6 Å². The number of rotatable bonds is 5. The average Bonchev–Trinajstić information content (AvgIpc) is 3.37. The van der Waals surface area contributed by atoms with Crippen LogP contribution in [0.1, 0.15) is 19.3 Å². The Morgan fingerprint density at radius 1 is 1.27 bits per heavy atom. The van der Waals surface area contributed by atoms with Crippen LogP contribution in [0.15, 0.2) is 41.4 Å². The number of hydrogen-bond donors (Lipinski definition) is 1. The molecular weight excluding hydrogens is 419 g/mol. The number of halogens is 3. The molecule has 10 heteroatoms. The molecule has 4 unspecified atom stereocenters. The number of thioether (sulfide) groups is 1. The maximum absolute atomic E-state index is 12.6. The Balaban J connectivity index is 1.30. The molecule has 1 heterocycles. The van der Waals surface area contributed by atoms with Crippen molar-refractivity contribution in [3.63, 3.8) is 0 Å². The maximum Gasteiger partial charge on any atom is 0.573 e. The molecule has 30 heavy (non-hydrogen) atoms. The Morgan fingerprint density at radius 2 is 2.00 bits per heavy atom. The van der Waals surface area contributed by atoms with Crippen molar-refractivity contribution in [2.45, 2.75) is 36.9 Å². The second-order valence-electron chi connectivity index (χ2n) is 7.59. The van der Waals surface area contributed by atoms with Gasteiger partial charge in [-0.1, -0.05) is 23.9 Å². The first-order valence-electron chi connectivity index (χ1n) is 9.54. The minimum Gasteiger partial charge on any atom is -0.406 e. The molecule has 0 radical (unpaired) electrons. The molecule has 3 aliphatic rings. The van der Waals surface area contributed by atoms with E-state index in [-0.39, 0.29) is 30.0 Å². The van der Waals surface area contributed by atoms with Crippen molar-refractivity contribution in [2.75, 3.05) is 11.9 Å². The summed E-state index contributed by atoms with van der Waals surface area (Å²) >= 11 is 1.26. The number of aliphatic imine (C=N–C) groups is 1. The van der Waals surface area contributed by atoms with Gasteiger partial charge in [-0.15, -0.1) is 13.2 Å². The minimum atomic E-state index is -4.77. The fourth-order valence-corrected chi connectivity index (χ4v) is 5.01. The van der Waals surface area contributed by atoms with Gasteiger partial charge in [0.2, 0.25) is 5.91 Å². The van der Waals surface area contributed by atoms with Gasteiger partial charge >= 0.3 is 6.36 Å². The van der Waals surface area contributed by atoms with Crippen molar-refractivity contribution in [3.8, 4) is 5.75 Å². The second kappa shape index (κ2) is 7.98. The highest BCUT2D eigenvalue weighted by Crippen LogP contribution is 2.39. The van der Waals surface area contributed by atoms with Crippen LogP contribution in [0.3, 0.4) is 0 Å². The summed E-state index contributed by atoms with van der Waals surface area (Å²) < 4.78 is 40.6. The number of allylic oxidation sites excluding steroid dienone is 1. The number of amidine groups is 1. The van der Waals surface area contributed by atoms with Gasteiger partial charge in [0, 0.05) is 25.2 Å². The van der Waals surface area contributed by atoms with Gasteiger partial charge in [-0.05, 0) is 48.9 Å². The highest BCUT2D eigenvalue weighted by Gasteiger charge is 2.38. The molecule has 1 aromatic carbocycles. The van der Waals surface area contributed by atoms with Crippen LogP contribution in [0, 0.1) is 11.8 Å². The van der Waals surface area contributed by atoms with Crippen molar-refractivity contribution < 1.29 is 27.5 Å². The molecule has 2 aliphatic carbocycles. The van der Waals surface area contributed by atoms with Crippen LogP contribution in [-0.2, 0) is 9.59 Å². The lowest BCUT2D eigenvalue weighted by atomic mass is 10.0. The summed E-state index contributed by atoms with van der Waals surface area (Å²) in [5.41, 5.74) is 0.401. The molecular formula is C20H20F3N3O3S. The van der Waals surface area contributed by atoms with Crippen molar-refractivity contribution in [3.05, 3.63) is 36.4 Å². The summed E-state index contributed by atoms with van der Waals surface area (Å²) in [4.78, 5) is 30.2. The molecule has 1 aliphatic heterocycles. The van der Waals surface area contributed by atoms with Crippen LogP contribution in [0.2, 0.25) is 0 Å². The summed E-state index contributed by atoms with van der Waals surface area (Å²) in [6, 6.07) is 5.26. The van der Waals surface area contributed by atoms with E-state index in [1.165, 1.54) is 35.8 Å². The van der Waals surface area contributed by atoms with Gasteiger partial charge in [0.05, 0.1) is 0 Å². The molecule has 1 fully saturated rings. The van der Waals surface area contributed by atoms with Crippen LogP contribution in [0.5, 0.6) is 5.75 Å². The normalized spacial score (nSPS) is 27.3. The first-order chi connectivity index (χ1) is 14.2. The largest absolute Gasteiger partial charge is 0.573 e. The van der Waals surface area contributed by atoms with Gasteiger partial charge in [-0.25, -0.2) is 0 Å². The van der Waals surface area contributed by atoms with Crippen LogP contribution in [0.4, 0.5) is 18.9 Å². The van der Waals surface area contributed by atoms with Crippen LogP contribution >= 0.6 is 11.8 Å². The average molecular weight is 439 g/mol. The summed E-state index contributed by atoms with van der Waals surface area (Å²) in [7, 11) is 1.51. The van der Waals surface area contributed by atoms with Gasteiger partial charge in [-0.2, -0.15) is 4.99 Å². The highest BCUT2D eigenvalue weighted by molar-refractivity contribution is 8.15. The van der Waals surface area contributed by atoms with E-state index in [4.69, 9.17) is 0 Å². The molecule has 0 spiro atoms. The fraction of sp³-hybridized carbons (Fsp3) is 0.450. The number of carbonyl (C=O) groups is 2. The zero-order valence-corrected chi connectivity index (χ0v) is 16.9. The summed E-state index contributed by atoms with van der Waals surface area (Å²) in [5.74, 6) is 0.00776. The Hall–Kier alpha value is -2.49. The number of ether oxygens (including phenoxy) is 1. The standard InChI is InChI=1S/C20H20F3N3O3S/c1-26(13-4-6-14(7-5-13)29-20(21,22)23)17(27)10-16-18(28)25-19(30-16)24-15-9-11-2-3-12(15)8-11/h2-7,11-12,15-16H,8-10H2,1H3,(H,24,25,28). The van der Waals surface area contributed by atoms with E-state index in [0.29, 0.717) is 22.7 Å². The van der Waals surface area contributed by atoms with Crippen molar-refractivity contribution in [1.29, 1.82) is 0 Å². The number of amides is 2. The third kappa shape index (κ3) is 4.63. The zero-order valence-electron chi connectivity index (χ0n) is 16.1. The molecule has 2 bridgehead atoms. The summed E-state index contributed by atoms with van der Waals surface area (Å²) in [6.07, 6.45) is 1.76. The molecule has 6 nitrogen and oxygen atoms in total. The van der Waals surface area contributed by atoms with Gasteiger partial charge in [-0.3, -0.25) is 9.59 Å². The van der Waals surface area contributed by atoms with E-state index in [1.54, 1.807) is 0 Å². The molecule has 0 aromatic heterocycles. The summed E-state index contributed by atoms with van der Waals surface area (Å²) in [6.45, 7) is 0. The molecule has 1 N–H and O–H groups in total. The van der Waals surface area contributed by atoms with Gasteiger partial charge < -0.3 is 15.0 Å². The van der Waals surface area contributed by atoms with E-state index in [1.807, 2.05) is 0 Å². The molecule has 4 atom stereocenters. The third-order valence-corrected chi connectivity index (χ3v) is 6.61. The Morgan fingerprint density at radius 3 is 2.60 bits per heavy atom. The Labute approximate surface area is 175 Å². The monoisotopic (exact) mass is 439 g/mol. The van der Waals surface area contributed by atoms with Crippen molar-refractivity contribution >= 4 is 34.4 Å². The van der Waals surface area contributed by atoms with E-state index in [2.05, 4.69) is 27.2 Å². The van der Waals surface area contributed by atoms with E-state index >= 15 is 0 Å². The van der Waals surface area contributed by atoms with Crippen molar-refractivity contribution in [2.24, 2.45) is 16.8 Å². The molecule has 2 amide bonds. The predicted octanol–water partition coefficient (Wildman–Crippen LogP) is 3.49. The van der Waals surface area contributed by atoms with Gasteiger partial charge in [0.25, 0.3) is 5.91 Å².